The van der Waals surface area contributed by atoms with E-state index < -0.39 is 0 Å². The standard InChI is InChI=1S/C11H6Cl2N6/c12-8-4-2-1-3-7(8)9-16-10(13)18-11(17-9)19-6-14-5-15-19/h1-6H. The molecule has 8 heteroatoms. The van der Waals surface area contributed by atoms with Crippen LogP contribution in [-0.4, -0.2) is 29.7 Å². The third-order valence-electron chi connectivity index (χ3n) is 2.33. The average molecular weight is 293 g/mol. The second-order valence-corrected chi connectivity index (χ2v) is 4.29. The van der Waals surface area contributed by atoms with Crippen molar-refractivity contribution in [2.24, 2.45) is 0 Å². The van der Waals surface area contributed by atoms with Crippen LogP contribution in [0.1, 0.15) is 0 Å². The van der Waals surface area contributed by atoms with Crippen LogP contribution in [0, 0.1) is 0 Å². The number of halogens is 2. The molecule has 3 aromatic rings. The topological polar surface area (TPSA) is 69.4 Å². The summed E-state index contributed by atoms with van der Waals surface area (Å²) in [5.74, 6) is 0.670. The maximum Gasteiger partial charge on any atom is 0.256 e. The normalized spacial score (nSPS) is 10.6. The number of aromatic nitrogens is 6. The lowest BCUT2D eigenvalue weighted by atomic mass is 10.2. The molecule has 3 rings (SSSR count). The lowest BCUT2D eigenvalue weighted by Gasteiger charge is -2.05. The molecule has 0 spiro atoms. The molecule has 0 atom stereocenters. The van der Waals surface area contributed by atoms with E-state index in [9.17, 15) is 0 Å². The highest BCUT2D eigenvalue weighted by Crippen LogP contribution is 2.25. The van der Waals surface area contributed by atoms with E-state index in [0.29, 0.717) is 16.4 Å². The average Bonchev–Trinajstić information content (AvgIpc) is 2.92. The van der Waals surface area contributed by atoms with E-state index in [2.05, 4.69) is 25.0 Å². The molecule has 0 saturated carbocycles. The van der Waals surface area contributed by atoms with Crippen molar-refractivity contribution < 1.29 is 0 Å². The van der Waals surface area contributed by atoms with Crippen molar-refractivity contribution in [1.29, 1.82) is 0 Å². The summed E-state index contributed by atoms with van der Waals surface area (Å²) in [6, 6.07) is 7.23. The Morgan fingerprint density at radius 2 is 1.84 bits per heavy atom. The third-order valence-corrected chi connectivity index (χ3v) is 2.83. The van der Waals surface area contributed by atoms with Crippen LogP contribution in [0.5, 0.6) is 0 Å². The molecule has 2 aromatic heterocycles. The Balaban J connectivity index is 2.16. The molecule has 19 heavy (non-hydrogen) atoms. The van der Waals surface area contributed by atoms with Crippen LogP contribution < -0.4 is 0 Å². The van der Waals surface area contributed by atoms with Crippen molar-refractivity contribution in [3.05, 3.63) is 47.2 Å². The van der Waals surface area contributed by atoms with Gasteiger partial charge in [-0.05, 0) is 23.7 Å². The molecule has 0 amide bonds. The molecule has 0 aliphatic rings. The molecule has 2 heterocycles. The van der Waals surface area contributed by atoms with Crippen LogP contribution in [0.4, 0.5) is 0 Å². The predicted octanol–water partition coefficient (Wildman–Crippen LogP) is 2.43. The maximum atomic E-state index is 6.11. The van der Waals surface area contributed by atoms with E-state index in [-0.39, 0.29) is 11.2 Å². The summed E-state index contributed by atoms with van der Waals surface area (Å²) in [5, 5.41) is 4.55. The van der Waals surface area contributed by atoms with Crippen molar-refractivity contribution >= 4 is 23.2 Å². The maximum absolute atomic E-state index is 6.11. The number of benzene rings is 1. The number of rotatable bonds is 2. The molecule has 0 radical (unpaired) electrons. The van der Waals surface area contributed by atoms with E-state index >= 15 is 0 Å². The van der Waals surface area contributed by atoms with Gasteiger partial charge < -0.3 is 0 Å². The number of nitrogens with zero attached hydrogens (tertiary/aromatic N) is 6. The van der Waals surface area contributed by atoms with Crippen molar-refractivity contribution in [2.45, 2.75) is 0 Å². The van der Waals surface area contributed by atoms with Gasteiger partial charge in [-0.2, -0.15) is 24.7 Å². The quantitative estimate of drug-likeness (QED) is 0.725. The van der Waals surface area contributed by atoms with Gasteiger partial charge in [0.1, 0.15) is 12.7 Å². The molecule has 0 unspecified atom stereocenters. The highest BCUT2D eigenvalue weighted by atomic mass is 35.5. The fraction of sp³-hybridized carbons (Fsp3) is 0. The number of hydrogen-bond donors (Lipinski definition) is 0. The number of hydrogen-bond acceptors (Lipinski definition) is 5. The molecular formula is C11H6Cl2N6. The third kappa shape index (κ3) is 2.40. The van der Waals surface area contributed by atoms with E-state index in [1.807, 2.05) is 12.1 Å². The summed E-state index contributed by atoms with van der Waals surface area (Å²) in [5.41, 5.74) is 0.676. The van der Waals surface area contributed by atoms with Gasteiger partial charge >= 0.3 is 0 Å². The Morgan fingerprint density at radius 1 is 1.00 bits per heavy atom. The Labute approximate surface area is 118 Å². The molecule has 0 fully saturated rings. The highest BCUT2D eigenvalue weighted by Gasteiger charge is 2.11. The van der Waals surface area contributed by atoms with Crippen LogP contribution >= 0.6 is 23.2 Å². The van der Waals surface area contributed by atoms with Gasteiger partial charge in [-0.3, -0.25) is 0 Å². The van der Waals surface area contributed by atoms with Crippen molar-refractivity contribution in [3.63, 3.8) is 0 Å². The van der Waals surface area contributed by atoms with E-state index in [1.165, 1.54) is 17.3 Å². The zero-order chi connectivity index (χ0) is 13.2. The second-order valence-electron chi connectivity index (χ2n) is 3.55. The summed E-state index contributed by atoms with van der Waals surface area (Å²) in [4.78, 5) is 16.2. The summed E-state index contributed by atoms with van der Waals surface area (Å²) < 4.78 is 1.40. The molecule has 94 valence electrons. The van der Waals surface area contributed by atoms with Crippen LogP contribution in [0.15, 0.2) is 36.9 Å². The molecule has 0 aliphatic heterocycles. The molecular weight excluding hydrogens is 287 g/mol. The fourth-order valence-electron chi connectivity index (χ4n) is 1.52. The first-order chi connectivity index (χ1) is 9.24. The first-order valence-corrected chi connectivity index (χ1v) is 6.01. The fourth-order valence-corrected chi connectivity index (χ4v) is 1.89. The predicted molar refractivity (Wildman–Crippen MR) is 70.2 cm³/mol. The van der Waals surface area contributed by atoms with Gasteiger partial charge in [-0.25, -0.2) is 4.98 Å². The molecule has 0 aliphatic carbocycles. The Hall–Kier alpha value is -2.05. The van der Waals surface area contributed by atoms with Crippen LogP contribution in [0.2, 0.25) is 10.3 Å². The van der Waals surface area contributed by atoms with E-state index in [4.69, 9.17) is 23.2 Å². The zero-order valence-electron chi connectivity index (χ0n) is 9.40. The Morgan fingerprint density at radius 3 is 2.58 bits per heavy atom. The van der Waals surface area contributed by atoms with Crippen LogP contribution in [0.25, 0.3) is 17.3 Å². The van der Waals surface area contributed by atoms with Gasteiger partial charge in [0, 0.05) is 5.56 Å². The monoisotopic (exact) mass is 292 g/mol. The first kappa shape index (κ1) is 12.0. The Bertz CT molecular complexity index is 713. The smallest absolute Gasteiger partial charge is 0.223 e. The minimum Gasteiger partial charge on any atom is -0.223 e. The van der Waals surface area contributed by atoms with Crippen LogP contribution in [-0.2, 0) is 0 Å². The molecule has 1 aromatic carbocycles. The summed E-state index contributed by atoms with van der Waals surface area (Å²) in [6.07, 6.45) is 2.86. The van der Waals surface area contributed by atoms with E-state index in [0.717, 1.165) is 0 Å². The minimum absolute atomic E-state index is 0.0652. The van der Waals surface area contributed by atoms with E-state index in [1.54, 1.807) is 12.1 Å². The lowest BCUT2D eigenvalue weighted by molar-refractivity contribution is 0.796. The first-order valence-electron chi connectivity index (χ1n) is 5.25. The highest BCUT2D eigenvalue weighted by molar-refractivity contribution is 6.33. The lowest BCUT2D eigenvalue weighted by Crippen LogP contribution is -2.05. The molecule has 0 bridgehead atoms. The SMILES string of the molecule is Clc1nc(-c2ccccc2Cl)nc(-n2cncn2)n1. The minimum atomic E-state index is 0.0652. The summed E-state index contributed by atoms with van der Waals surface area (Å²) in [7, 11) is 0. The van der Waals surface area contributed by atoms with Crippen LogP contribution in [0.3, 0.4) is 0 Å². The summed E-state index contributed by atoms with van der Waals surface area (Å²) >= 11 is 12.0. The van der Waals surface area contributed by atoms with Gasteiger partial charge in [-0.15, -0.1) is 0 Å². The van der Waals surface area contributed by atoms with Crippen molar-refractivity contribution in [1.82, 2.24) is 29.7 Å². The van der Waals surface area contributed by atoms with Gasteiger partial charge in [0.2, 0.25) is 5.28 Å². The van der Waals surface area contributed by atoms with Crippen molar-refractivity contribution in [3.8, 4) is 17.3 Å². The Kier molecular flexibility index (Phi) is 3.10. The van der Waals surface area contributed by atoms with Gasteiger partial charge in [0.25, 0.3) is 5.95 Å². The van der Waals surface area contributed by atoms with Gasteiger partial charge in [0.05, 0.1) is 5.02 Å². The van der Waals surface area contributed by atoms with Crippen molar-refractivity contribution in [2.75, 3.05) is 0 Å². The molecule has 0 N–H and O–H groups in total. The second kappa shape index (κ2) is 4.91. The molecule has 0 saturated heterocycles. The van der Waals surface area contributed by atoms with Gasteiger partial charge in [0.15, 0.2) is 5.82 Å². The van der Waals surface area contributed by atoms with Gasteiger partial charge in [-0.1, -0.05) is 23.7 Å². The zero-order valence-corrected chi connectivity index (χ0v) is 10.9. The molecule has 6 nitrogen and oxygen atoms in total. The largest absolute Gasteiger partial charge is 0.256 e. The summed E-state index contributed by atoms with van der Waals surface area (Å²) in [6.45, 7) is 0.